The number of hydrogen-bond donors (Lipinski definition) is 3. The van der Waals surface area contributed by atoms with Gasteiger partial charge in [-0.05, 0) is 12.8 Å². The van der Waals surface area contributed by atoms with Crippen molar-refractivity contribution < 1.29 is 9.90 Å². The molecule has 0 spiro atoms. The summed E-state index contributed by atoms with van der Waals surface area (Å²) in [5, 5.41) is 12.1. The number of nitrogens with two attached hydrogens (primary N) is 1. The second kappa shape index (κ2) is 4.42. The van der Waals surface area contributed by atoms with Crippen LogP contribution in [0, 0.1) is 5.92 Å². The fraction of sp³-hybridized carbons (Fsp3) is 0.875. The molecule has 0 aliphatic heterocycles. The normalized spacial score (nSPS) is 28.8. The first-order chi connectivity index (χ1) is 5.74. The summed E-state index contributed by atoms with van der Waals surface area (Å²) in [5.74, 6) is 0.0922. The van der Waals surface area contributed by atoms with Crippen molar-refractivity contribution >= 4 is 5.91 Å². The Hall–Kier alpha value is -0.610. The number of amides is 1. The third-order valence-electron chi connectivity index (χ3n) is 2.37. The van der Waals surface area contributed by atoms with Gasteiger partial charge in [-0.25, -0.2) is 0 Å². The van der Waals surface area contributed by atoms with Crippen LogP contribution >= 0.6 is 0 Å². The Balaban J connectivity index is 2.18. The van der Waals surface area contributed by atoms with E-state index in [0.29, 0.717) is 6.54 Å². The Labute approximate surface area is 72.1 Å². The van der Waals surface area contributed by atoms with E-state index in [1.807, 2.05) is 0 Å². The van der Waals surface area contributed by atoms with Gasteiger partial charge in [0.25, 0.3) is 0 Å². The van der Waals surface area contributed by atoms with Crippen LogP contribution in [0.15, 0.2) is 0 Å². The Kier molecular flexibility index (Phi) is 3.49. The predicted molar refractivity (Wildman–Crippen MR) is 45.4 cm³/mol. The van der Waals surface area contributed by atoms with Crippen LogP contribution in [0.3, 0.4) is 0 Å². The van der Waals surface area contributed by atoms with Gasteiger partial charge in [-0.15, -0.1) is 0 Å². The molecule has 0 aromatic rings. The molecule has 70 valence electrons. The lowest BCUT2D eigenvalue weighted by Crippen LogP contribution is -2.36. The van der Waals surface area contributed by atoms with Crippen molar-refractivity contribution in [2.24, 2.45) is 11.7 Å². The molecular weight excluding hydrogens is 156 g/mol. The fourth-order valence-corrected chi connectivity index (χ4v) is 1.57. The number of aliphatic hydroxyl groups excluding tert-OH is 1. The highest BCUT2D eigenvalue weighted by Crippen LogP contribution is 2.24. The van der Waals surface area contributed by atoms with Gasteiger partial charge in [0.05, 0.1) is 12.6 Å². The minimum absolute atomic E-state index is 0.0306. The van der Waals surface area contributed by atoms with Crippen molar-refractivity contribution in [3.05, 3.63) is 0 Å². The maximum absolute atomic E-state index is 10.8. The molecule has 1 rings (SSSR count). The Morgan fingerprint density at radius 2 is 2.33 bits per heavy atom. The van der Waals surface area contributed by atoms with Crippen LogP contribution in [0.1, 0.15) is 19.3 Å². The molecule has 0 aromatic heterocycles. The zero-order chi connectivity index (χ0) is 8.97. The first-order valence-electron chi connectivity index (χ1n) is 4.39. The lowest BCUT2D eigenvalue weighted by molar-refractivity contribution is -0.120. The summed E-state index contributed by atoms with van der Waals surface area (Å²) in [5.41, 5.74) is 5.12. The topological polar surface area (TPSA) is 75.4 Å². The Bertz CT molecular complexity index is 161. The van der Waals surface area contributed by atoms with Gasteiger partial charge in [-0.1, -0.05) is 6.42 Å². The van der Waals surface area contributed by atoms with E-state index in [2.05, 4.69) is 5.32 Å². The SMILES string of the molecule is NCC(=O)NCC1CCCC1O. The maximum atomic E-state index is 10.8. The highest BCUT2D eigenvalue weighted by molar-refractivity contribution is 5.77. The number of carbonyl (C=O) groups is 1. The van der Waals surface area contributed by atoms with Crippen LogP contribution in [0.4, 0.5) is 0 Å². The molecule has 1 aliphatic rings. The Morgan fingerprint density at radius 1 is 1.58 bits per heavy atom. The van der Waals surface area contributed by atoms with Gasteiger partial charge >= 0.3 is 0 Å². The quantitative estimate of drug-likeness (QED) is 0.523. The maximum Gasteiger partial charge on any atom is 0.233 e. The van der Waals surface area contributed by atoms with E-state index >= 15 is 0 Å². The lowest BCUT2D eigenvalue weighted by atomic mass is 10.1. The van der Waals surface area contributed by atoms with Gasteiger partial charge < -0.3 is 16.2 Å². The van der Waals surface area contributed by atoms with Crippen molar-refractivity contribution in [3.63, 3.8) is 0 Å². The third-order valence-corrected chi connectivity index (χ3v) is 2.37. The summed E-state index contributed by atoms with van der Waals surface area (Å²) in [6.45, 7) is 0.597. The van der Waals surface area contributed by atoms with Crippen molar-refractivity contribution in [2.75, 3.05) is 13.1 Å². The van der Waals surface area contributed by atoms with E-state index < -0.39 is 0 Å². The zero-order valence-electron chi connectivity index (χ0n) is 7.12. The number of carbonyl (C=O) groups excluding carboxylic acids is 1. The molecule has 2 unspecified atom stereocenters. The molecule has 1 aliphatic carbocycles. The minimum atomic E-state index is -0.233. The molecule has 12 heavy (non-hydrogen) atoms. The molecule has 0 bridgehead atoms. The Morgan fingerprint density at radius 3 is 2.83 bits per heavy atom. The summed E-state index contributed by atoms with van der Waals surface area (Å²) in [6, 6.07) is 0. The van der Waals surface area contributed by atoms with Gasteiger partial charge in [0.2, 0.25) is 5.91 Å². The van der Waals surface area contributed by atoms with Gasteiger partial charge in [0, 0.05) is 12.5 Å². The second-order valence-corrected chi connectivity index (χ2v) is 3.27. The van der Waals surface area contributed by atoms with Crippen LogP contribution < -0.4 is 11.1 Å². The predicted octanol–water partition coefficient (Wildman–Crippen LogP) is -0.778. The molecule has 0 aromatic carbocycles. The zero-order valence-corrected chi connectivity index (χ0v) is 7.12. The van der Waals surface area contributed by atoms with E-state index in [-0.39, 0.29) is 24.5 Å². The molecule has 0 radical (unpaired) electrons. The second-order valence-electron chi connectivity index (χ2n) is 3.27. The first-order valence-corrected chi connectivity index (χ1v) is 4.39. The summed E-state index contributed by atoms with van der Waals surface area (Å²) in [6.07, 6.45) is 2.70. The molecule has 4 N–H and O–H groups in total. The van der Waals surface area contributed by atoms with Crippen LogP contribution in [-0.2, 0) is 4.79 Å². The molecule has 1 fully saturated rings. The molecule has 1 saturated carbocycles. The molecule has 4 heteroatoms. The molecule has 0 saturated heterocycles. The van der Waals surface area contributed by atoms with Crippen molar-refractivity contribution in [2.45, 2.75) is 25.4 Å². The summed E-state index contributed by atoms with van der Waals surface area (Å²) >= 11 is 0. The average Bonchev–Trinajstić information content (AvgIpc) is 2.47. The standard InChI is InChI=1S/C8H16N2O2/c9-4-8(12)10-5-6-2-1-3-7(6)11/h6-7,11H,1-5,9H2,(H,10,12). The number of hydrogen-bond acceptors (Lipinski definition) is 3. The van der Waals surface area contributed by atoms with Gasteiger partial charge in [-0.2, -0.15) is 0 Å². The van der Waals surface area contributed by atoms with Crippen LogP contribution in [0.5, 0.6) is 0 Å². The van der Waals surface area contributed by atoms with Gasteiger partial charge in [-0.3, -0.25) is 4.79 Å². The van der Waals surface area contributed by atoms with E-state index in [1.165, 1.54) is 0 Å². The van der Waals surface area contributed by atoms with E-state index in [4.69, 9.17) is 5.73 Å². The fourth-order valence-electron chi connectivity index (χ4n) is 1.57. The number of rotatable bonds is 3. The van der Waals surface area contributed by atoms with Crippen LogP contribution in [-0.4, -0.2) is 30.2 Å². The number of nitrogens with one attached hydrogen (secondary N) is 1. The van der Waals surface area contributed by atoms with Crippen molar-refractivity contribution in [3.8, 4) is 0 Å². The van der Waals surface area contributed by atoms with Crippen molar-refractivity contribution in [1.29, 1.82) is 0 Å². The monoisotopic (exact) mass is 172 g/mol. The molecular formula is C8H16N2O2. The minimum Gasteiger partial charge on any atom is -0.393 e. The number of aliphatic hydroxyl groups is 1. The van der Waals surface area contributed by atoms with E-state index in [1.54, 1.807) is 0 Å². The molecule has 0 heterocycles. The highest BCUT2D eigenvalue weighted by atomic mass is 16.3. The molecule has 2 atom stereocenters. The summed E-state index contributed by atoms with van der Waals surface area (Å²) in [4.78, 5) is 10.8. The summed E-state index contributed by atoms with van der Waals surface area (Å²) in [7, 11) is 0. The first kappa shape index (κ1) is 9.48. The van der Waals surface area contributed by atoms with Crippen LogP contribution in [0.2, 0.25) is 0 Å². The summed E-state index contributed by atoms with van der Waals surface area (Å²) < 4.78 is 0. The smallest absolute Gasteiger partial charge is 0.233 e. The van der Waals surface area contributed by atoms with E-state index in [9.17, 15) is 9.90 Å². The van der Waals surface area contributed by atoms with Crippen molar-refractivity contribution in [1.82, 2.24) is 5.32 Å². The van der Waals surface area contributed by atoms with Crippen LogP contribution in [0.25, 0.3) is 0 Å². The largest absolute Gasteiger partial charge is 0.393 e. The highest BCUT2D eigenvalue weighted by Gasteiger charge is 2.24. The van der Waals surface area contributed by atoms with E-state index in [0.717, 1.165) is 19.3 Å². The van der Waals surface area contributed by atoms with Gasteiger partial charge in [0.15, 0.2) is 0 Å². The molecule has 4 nitrogen and oxygen atoms in total. The molecule has 1 amide bonds. The van der Waals surface area contributed by atoms with Gasteiger partial charge in [0.1, 0.15) is 0 Å². The third kappa shape index (κ3) is 2.46. The lowest BCUT2D eigenvalue weighted by Gasteiger charge is -2.14. The average molecular weight is 172 g/mol.